The minimum atomic E-state index is -0.240. The zero-order valence-electron chi connectivity index (χ0n) is 12.9. The molecule has 2 aromatic rings. The predicted octanol–water partition coefficient (Wildman–Crippen LogP) is 3.34. The number of nitrogens with one attached hydrogen (secondary N) is 1. The number of piperazine rings is 1. The van der Waals surface area contributed by atoms with Crippen LogP contribution in [0.2, 0.25) is 0 Å². The van der Waals surface area contributed by atoms with Gasteiger partial charge in [0.2, 0.25) is 0 Å². The summed E-state index contributed by atoms with van der Waals surface area (Å²) in [5.41, 5.74) is 2.16. The molecule has 3 rings (SSSR count). The second kappa shape index (κ2) is 7.53. The van der Waals surface area contributed by atoms with Crippen LogP contribution in [-0.2, 0) is 6.54 Å². The fraction of sp³-hybridized carbons (Fsp3) is 0.278. The number of hydrogen-bond donors (Lipinski definition) is 1. The molecule has 0 unspecified atom stereocenters. The maximum atomic E-state index is 12.9. The monoisotopic (exact) mass is 329 g/mol. The topological polar surface area (TPSA) is 18.5 Å². The predicted molar refractivity (Wildman–Crippen MR) is 95.9 cm³/mol. The molecule has 5 heteroatoms. The van der Waals surface area contributed by atoms with Crippen LogP contribution in [0, 0.1) is 5.82 Å². The molecule has 0 bridgehead atoms. The van der Waals surface area contributed by atoms with Crippen molar-refractivity contribution in [1.82, 2.24) is 9.80 Å². The summed E-state index contributed by atoms with van der Waals surface area (Å²) in [6.07, 6.45) is 0. The average Bonchev–Trinajstić information content (AvgIpc) is 2.58. The van der Waals surface area contributed by atoms with Gasteiger partial charge in [0.25, 0.3) is 0 Å². The summed E-state index contributed by atoms with van der Waals surface area (Å²) < 4.78 is 12.9. The van der Waals surface area contributed by atoms with Crippen molar-refractivity contribution in [2.45, 2.75) is 6.54 Å². The van der Waals surface area contributed by atoms with E-state index in [1.54, 1.807) is 12.1 Å². The molecule has 2 aromatic carbocycles. The maximum absolute atomic E-state index is 12.9. The zero-order chi connectivity index (χ0) is 16.1. The Kier molecular flexibility index (Phi) is 5.20. The molecule has 0 spiro atoms. The highest BCUT2D eigenvalue weighted by Gasteiger charge is 2.18. The molecule has 23 heavy (non-hydrogen) atoms. The lowest BCUT2D eigenvalue weighted by Gasteiger charge is -2.36. The molecule has 0 amide bonds. The number of anilines is 1. The van der Waals surface area contributed by atoms with E-state index >= 15 is 0 Å². The van der Waals surface area contributed by atoms with Gasteiger partial charge in [-0.1, -0.05) is 30.3 Å². The van der Waals surface area contributed by atoms with Crippen LogP contribution < -0.4 is 5.32 Å². The normalized spacial score (nSPS) is 15.4. The van der Waals surface area contributed by atoms with Crippen molar-refractivity contribution in [1.29, 1.82) is 0 Å². The van der Waals surface area contributed by atoms with Gasteiger partial charge in [-0.3, -0.25) is 4.90 Å². The first-order valence-electron chi connectivity index (χ1n) is 7.78. The number of thiocarbonyl (C=S) groups is 1. The van der Waals surface area contributed by atoms with Crippen molar-refractivity contribution in [3.8, 4) is 0 Å². The SMILES string of the molecule is Fc1ccc(NC(=S)N2CCN(Cc3ccccc3)CC2)cc1. The summed E-state index contributed by atoms with van der Waals surface area (Å²) >= 11 is 5.46. The number of halogens is 1. The summed E-state index contributed by atoms with van der Waals surface area (Å²) in [5.74, 6) is -0.240. The van der Waals surface area contributed by atoms with E-state index in [0.717, 1.165) is 38.4 Å². The lowest BCUT2D eigenvalue weighted by atomic mass is 10.2. The summed E-state index contributed by atoms with van der Waals surface area (Å²) in [6.45, 7) is 4.76. The molecule has 1 fully saturated rings. The van der Waals surface area contributed by atoms with Crippen LogP contribution >= 0.6 is 12.2 Å². The van der Waals surface area contributed by atoms with Crippen LogP contribution in [-0.4, -0.2) is 41.1 Å². The third-order valence-corrected chi connectivity index (χ3v) is 4.36. The smallest absolute Gasteiger partial charge is 0.173 e. The van der Waals surface area contributed by atoms with E-state index in [0.29, 0.717) is 5.11 Å². The Morgan fingerprint density at radius 2 is 1.61 bits per heavy atom. The number of rotatable bonds is 3. The van der Waals surface area contributed by atoms with Crippen molar-refractivity contribution >= 4 is 23.0 Å². The number of benzene rings is 2. The van der Waals surface area contributed by atoms with Gasteiger partial charge in [0.1, 0.15) is 5.82 Å². The van der Waals surface area contributed by atoms with Crippen LogP contribution in [0.15, 0.2) is 54.6 Å². The van der Waals surface area contributed by atoms with Gasteiger partial charge in [0.05, 0.1) is 0 Å². The third kappa shape index (κ3) is 4.50. The second-order valence-corrected chi connectivity index (χ2v) is 6.07. The van der Waals surface area contributed by atoms with E-state index < -0.39 is 0 Å². The summed E-state index contributed by atoms with van der Waals surface area (Å²) in [5, 5.41) is 3.88. The standard InChI is InChI=1S/C18H20FN3S/c19-16-6-8-17(9-7-16)20-18(23)22-12-10-21(11-13-22)14-15-4-2-1-3-5-15/h1-9H,10-14H2,(H,20,23). The molecule has 0 atom stereocenters. The minimum absolute atomic E-state index is 0.240. The summed E-state index contributed by atoms with van der Waals surface area (Å²) in [6, 6.07) is 16.8. The Balaban J connectivity index is 1.48. The lowest BCUT2D eigenvalue weighted by Crippen LogP contribution is -2.49. The van der Waals surface area contributed by atoms with Crippen molar-refractivity contribution < 1.29 is 4.39 Å². The van der Waals surface area contributed by atoms with Crippen molar-refractivity contribution in [3.63, 3.8) is 0 Å². The average molecular weight is 329 g/mol. The molecule has 1 saturated heterocycles. The molecular formula is C18H20FN3S. The van der Waals surface area contributed by atoms with E-state index in [1.807, 2.05) is 6.07 Å². The van der Waals surface area contributed by atoms with Crippen LogP contribution in [0.4, 0.5) is 10.1 Å². The van der Waals surface area contributed by atoms with Crippen LogP contribution in [0.3, 0.4) is 0 Å². The van der Waals surface area contributed by atoms with Gasteiger partial charge < -0.3 is 10.2 Å². The van der Waals surface area contributed by atoms with E-state index in [4.69, 9.17) is 12.2 Å². The molecule has 3 nitrogen and oxygen atoms in total. The maximum Gasteiger partial charge on any atom is 0.173 e. The van der Waals surface area contributed by atoms with E-state index in [-0.39, 0.29) is 5.82 Å². The molecule has 0 radical (unpaired) electrons. The Hall–Kier alpha value is -1.98. The zero-order valence-corrected chi connectivity index (χ0v) is 13.7. The molecule has 0 aliphatic carbocycles. The first kappa shape index (κ1) is 15.9. The molecule has 120 valence electrons. The van der Waals surface area contributed by atoms with Crippen LogP contribution in [0.25, 0.3) is 0 Å². The molecule has 0 aromatic heterocycles. The highest BCUT2D eigenvalue weighted by molar-refractivity contribution is 7.80. The van der Waals surface area contributed by atoms with Gasteiger partial charge in [0.15, 0.2) is 5.11 Å². The molecule has 1 heterocycles. The molecular weight excluding hydrogens is 309 g/mol. The molecule has 1 aliphatic rings. The molecule has 0 saturated carbocycles. The molecule has 1 aliphatic heterocycles. The lowest BCUT2D eigenvalue weighted by molar-refractivity contribution is 0.177. The fourth-order valence-corrected chi connectivity index (χ4v) is 2.99. The Labute approximate surface area is 141 Å². The number of nitrogens with zero attached hydrogens (tertiary/aromatic N) is 2. The summed E-state index contributed by atoms with van der Waals surface area (Å²) in [7, 11) is 0. The van der Waals surface area contributed by atoms with Crippen molar-refractivity contribution in [3.05, 3.63) is 66.0 Å². The van der Waals surface area contributed by atoms with Gasteiger partial charge in [-0.2, -0.15) is 0 Å². The Morgan fingerprint density at radius 3 is 2.26 bits per heavy atom. The highest BCUT2D eigenvalue weighted by Crippen LogP contribution is 2.12. The van der Waals surface area contributed by atoms with Gasteiger partial charge in [-0.05, 0) is 42.0 Å². The van der Waals surface area contributed by atoms with Crippen LogP contribution in [0.5, 0.6) is 0 Å². The van der Waals surface area contributed by atoms with Gasteiger partial charge in [-0.15, -0.1) is 0 Å². The third-order valence-electron chi connectivity index (χ3n) is 4.00. The fourth-order valence-electron chi connectivity index (χ4n) is 2.69. The second-order valence-electron chi connectivity index (χ2n) is 5.69. The first-order valence-corrected chi connectivity index (χ1v) is 8.19. The Bertz CT molecular complexity index is 637. The number of hydrogen-bond acceptors (Lipinski definition) is 2. The quantitative estimate of drug-likeness (QED) is 0.870. The van der Waals surface area contributed by atoms with Gasteiger partial charge in [-0.25, -0.2) is 4.39 Å². The summed E-state index contributed by atoms with van der Waals surface area (Å²) in [4.78, 5) is 4.60. The van der Waals surface area contributed by atoms with Crippen LogP contribution in [0.1, 0.15) is 5.56 Å². The van der Waals surface area contributed by atoms with Crippen molar-refractivity contribution in [2.24, 2.45) is 0 Å². The van der Waals surface area contributed by atoms with Gasteiger partial charge >= 0.3 is 0 Å². The first-order chi connectivity index (χ1) is 11.2. The van der Waals surface area contributed by atoms with Crippen molar-refractivity contribution in [2.75, 3.05) is 31.5 Å². The van der Waals surface area contributed by atoms with E-state index in [2.05, 4.69) is 39.4 Å². The van der Waals surface area contributed by atoms with E-state index in [1.165, 1.54) is 17.7 Å². The van der Waals surface area contributed by atoms with E-state index in [9.17, 15) is 4.39 Å². The highest BCUT2D eigenvalue weighted by atomic mass is 32.1. The molecule has 1 N–H and O–H groups in total. The minimum Gasteiger partial charge on any atom is -0.346 e. The largest absolute Gasteiger partial charge is 0.346 e. The van der Waals surface area contributed by atoms with Gasteiger partial charge in [0, 0.05) is 38.4 Å². The Morgan fingerprint density at radius 1 is 0.957 bits per heavy atom.